The number of hydrogen-bond donors (Lipinski definition) is 1. The molecular weight excluding hydrogens is 284 g/mol. The van der Waals surface area contributed by atoms with Gasteiger partial charge < -0.3 is 5.32 Å². The molecule has 0 aliphatic heterocycles. The fourth-order valence-electron chi connectivity index (χ4n) is 2.18. The van der Waals surface area contributed by atoms with Crippen molar-refractivity contribution in [3.63, 3.8) is 0 Å². The summed E-state index contributed by atoms with van der Waals surface area (Å²) in [4.78, 5) is 13.0. The average molecular weight is 308 g/mol. The molecule has 0 amide bonds. The molecule has 23 heavy (non-hydrogen) atoms. The lowest BCUT2D eigenvalue weighted by atomic mass is 10.1. The molecule has 0 fully saturated rings. The van der Waals surface area contributed by atoms with Crippen molar-refractivity contribution in [2.75, 3.05) is 5.32 Å². The van der Waals surface area contributed by atoms with Crippen molar-refractivity contribution in [1.29, 1.82) is 0 Å². The third kappa shape index (κ3) is 5.02. The van der Waals surface area contributed by atoms with Crippen LogP contribution in [0.15, 0.2) is 60.2 Å². The molecule has 0 aromatic carbocycles. The number of nitrogens with one attached hydrogen (secondary N) is 1. The zero-order valence-electron chi connectivity index (χ0n) is 14.1. The molecule has 2 heterocycles. The van der Waals surface area contributed by atoms with Gasteiger partial charge in [0.2, 0.25) is 5.95 Å². The highest BCUT2D eigenvalue weighted by atomic mass is 15.1. The Balaban J connectivity index is 0.000000595. The van der Waals surface area contributed by atoms with Crippen molar-refractivity contribution < 1.29 is 0 Å². The molecule has 2 aromatic heterocycles. The summed E-state index contributed by atoms with van der Waals surface area (Å²) in [5, 5.41) is 3.33. The van der Waals surface area contributed by atoms with Crippen molar-refractivity contribution in [2.45, 2.75) is 40.0 Å². The molecule has 1 aliphatic rings. The normalized spacial score (nSPS) is 13.3. The van der Waals surface area contributed by atoms with Gasteiger partial charge in [0.05, 0.1) is 5.69 Å². The lowest BCUT2D eigenvalue weighted by Gasteiger charge is -2.14. The molecule has 1 aliphatic carbocycles. The van der Waals surface area contributed by atoms with Gasteiger partial charge in [-0.25, -0.2) is 9.97 Å². The summed E-state index contributed by atoms with van der Waals surface area (Å²) in [6.45, 7) is 6.35. The van der Waals surface area contributed by atoms with E-state index < -0.39 is 0 Å². The molecule has 0 radical (unpaired) electrons. The molecule has 0 unspecified atom stereocenters. The third-order valence-electron chi connectivity index (χ3n) is 3.28. The average Bonchev–Trinajstić information content (AvgIpc) is 2.59. The molecule has 0 atom stereocenters. The molecule has 0 spiro atoms. The summed E-state index contributed by atoms with van der Waals surface area (Å²) in [6, 6.07) is 5.79. The van der Waals surface area contributed by atoms with Crippen LogP contribution in [0.4, 0.5) is 5.95 Å². The van der Waals surface area contributed by atoms with Gasteiger partial charge in [0, 0.05) is 29.9 Å². The Kier molecular flexibility index (Phi) is 6.48. The van der Waals surface area contributed by atoms with Gasteiger partial charge >= 0.3 is 0 Å². The minimum atomic E-state index is 0.635. The van der Waals surface area contributed by atoms with Gasteiger partial charge in [-0.3, -0.25) is 4.98 Å². The number of rotatable bonds is 3. The van der Waals surface area contributed by atoms with Gasteiger partial charge in [0.15, 0.2) is 0 Å². The molecule has 3 rings (SSSR count). The second-order valence-corrected chi connectivity index (χ2v) is 5.44. The first-order valence-electron chi connectivity index (χ1n) is 8.11. The number of nitrogens with zero attached hydrogens (tertiary/aromatic N) is 3. The van der Waals surface area contributed by atoms with Crippen molar-refractivity contribution in [2.24, 2.45) is 0 Å². The molecule has 0 bridgehead atoms. The van der Waals surface area contributed by atoms with Crippen LogP contribution in [0.2, 0.25) is 0 Å². The molecule has 1 N–H and O–H groups in total. The maximum Gasteiger partial charge on any atom is 0.227 e. The van der Waals surface area contributed by atoms with Gasteiger partial charge in [0.25, 0.3) is 0 Å². The highest BCUT2D eigenvalue weighted by Crippen LogP contribution is 2.21. The van der Waals surface area contributed by atoms with E-state index in [9.17, 15) is 0 Å². The monoisotopic (exact) mass is 308 g/mol. The SMILES string of the molecule is CC1=C(Nc2nccc(-c3cccnc3)n2)CCC=C1.CCC. The zero-order chi connectivity index (χ0) is 16.5. The van der Waals surface area contributed by atoms with E-state index in [0.29, 0.717) is 5.95 Å². The third-order valence-corrected chi connectivity index (χ3v) is 3.28. The summed E-state index contributed by atoms with van der Waals surface area (Å²) >= 11 is 0. The standard InChI is InChI=1S/C16H16N4.C3H8/c1-12-5-2-3-7-14(12)19-16-18-10-8-15(20-16)13-6-4-9-17-11-13;1-3-2/h2,4-6,8-11H,3,7H2,1H3,(H,18,19,20);3H2,1-2H3. The number of hydrogen-bond acceptors (Lipinski definition) is 4. The number of allylic oxidation sites excluding steroid dienone is 4. The van der Waals surface area contributed by atoms with Crippen LogP contribution in [0.1, 0.15) is 40.0 Å². The van der Waals surface area contributed by atoms with Crippen LogP contribution in [0.3, 0.4) is 0 Å². The zero-order valence-corrected chi connectivity index (χ0v) is 14.1. The molecule has 0 saturated heterocycles. The van der Waals surface area contributed by atoms with Crippen LogP contribution in [-0.4, -0.2) is 15.0 Å². The maximum atomic E-state index is 4.55. The van der Waals surface area contributed by atoms with Crippen LogP contribution in [0.25, 0.3) is 11.3 Å². The first-order chi connectivity index (χ1) is 11.2. The predicted octanol–water partition coefficient (Wildman–Crippen LogP) is 4.99. The van der Waals surface area contributed by atoms with Crippen molar-refractivity contribution in [3.05, 3.63) is 60.2 Å². The highest BCUT2D eigenvalue weighted by Gasteiger charge is 2.08. The Labute approximate surface area is 138 Å². The minimum Gasteiger partial charge on any atom is -0.328 e. The summed E-state index contributed by atoms with van der Waals surface area (Å²) in [7, 11) is 0. The predicted molar refractivity (Wildman–Crippen MR) is 95.9 cm³/mol. The number of anilines is 1. The van der Waals surface area contributed by atoms with E-state index in [1.165, 1.54) is 17.7 Å². The van der Waals surface area contributed by atoms with Crippen molar-refractivity contribution in [3.8, 4) is 11.3 Å². The quantitative estimate of drug-likeness (QED) is 0.867. The largest absolute Gasteiger partial charge is 0.328 e. The summed E-state index contributed by atoms with van der Waals surface area (Å²) in [5.74, 6) is 0.635. The first-order valence-corrected chi connectivity index (χ1v) is 8.11. The summed E-state index contributed by atoms with van der Waals surface area (Å²) in [6.07, 6.45) is 13.0. The van der Waals surface area contributed by atoms with E-state index >= 15 is 0 Å². The van der Waals surface area contributed by atoms with Gasteiger partial charge in [-0.1, -0.05) is 32.4 Å². The second-order valence-electron chi connectivity index (χ2n) is 5.44. The van der Waals surface area contributed by atoms with E-state index in [-0.39, 0.29) is 0 Å². The topological polar surface area (TPSA) is 50.7 Å². The molecule has 120 valence electrons. The van der Waals surface area contributed by atoms with Crippen LogP contribution >= 0.6 is 0 Å². The molecular formula is C19H24N4. The number of pyridine rings is 1. The Bertz CT molecular complexity index is 675. The lowest BCUT2D eigenvalue weighted by molar-refractivity contribution is 0.933. The van der Waals surface area contributed by atoms with Gasteiger partial charge in [0.1, 0.15) is 0 Å². The van der Waals surface area contributed by atoms with E-state index in [2.05, 4.69) is 53.2 Å². The minimum absolute atomic E-state index is 0.635. The fraction of sp³-hybridized carbons (Fsp3) is 0.316. The fourth-order valence-corrected chi connectivity index (χ4v) is 2.18. The van der Waals surface area contributed by atoms with Crippen LogP contribution < -0.4 is 5.32 Å². The molecule has 4 heteroatoms. The molecule has 2 aromatic rings. The maximum absolute atomic E-state index is 4.55. The molecule has 4 nitrogen and oxygen atoms in total. The van der Waals surface area contributed by atoms with Crippen LogP contribution in [0, 0.1) is 0 Å². The molecule has 0 saturated carbocycles. The lowest BCUT2D eigenvalue weighted by Crippen LogP contribution is -2.07. The van der Waals surface area contributed by atoms with Crippen LogP contribution in [0.5, 0.6) is 0 Å². The summed E-state index contributed by atoms with van der Waals surface area (Å²) in [5.41, 5.74) is 4.30. The first kappa shape index (κ1) is 16.9. The number of aromatic nitrogens is 3. The van der Waals surface area contributed by atoms with E-state index in [0.717, 1.165) is 24.1 Å². The Morgan fingerprint density at radius 2 is 2.00 bits per heavy atom. The smallest absolute Gasteiger partial charge is 0.227 e. The van der Waals surface area contributed by atoms with Crippen molar-refractivity contribution in [1.82, 2.24) is 15.0 Å². The van der Waals surface area contributed by atoms with Crippen molar-refractivity contribution >= 4 is 5.95 Å². The van der Waals surface area contributed by atoms with Gasteiger partial charge in [-0.2, -0.15) is 0 Å². The van der Waals surface area contributed by atoms with E-state index in [1.807, 2.05) is 18.2 Å². The van der Waals surface area contributed by atoms with Gasteiger partial charge in [-0.05, 0) is 43.5 Å². The summed E-state index contributed by atoms with van der Waals surface area (Å²) < 4.78 is 0. The Morgan fingerprint density at radius 3 is 2.70 bits per heavy atom. The van der Waals surface area contributed by atoms with Crippen LogP contribution in [-0.2, 0) is 0 Å². The Hall–Kier alpha value is -2.49. The Morgan fingerprint density at radius 1 is 1.17 bits per heavy atom. The van der Waals surface area contributed by atoms with E-state index in [4.69, 9.17) is 0 Å². The van der Waals surface area contributed by atoms with Gasteiger partial charge in [-0.15, -0.1) is 0 Å². The highest BCUT2D eigenvalue weighted by molar-refractivity contribution is 5.59. The van der Waals surface area contributed by atoms with E-state index in [1.54, 1.807) is 18.6 Å². The second kappa shape index (κ2) is 8.83.